The Labute approximate surface area is 202 Å². The Morgan fingerprint density at radius 1 is 1.06 bits per heavy atom. The summed E-state index contributed by atoms with van der Waals surface area (Å²) in [5.41, 5.74) is 2.80. The maximum atomic E-state index is 13.0. The second-order valence-corrected chi connectivity index (χ2v) is 8.05. The Hall–Kier alpha value is -3.78. The van der Waals surface area contributed by atoms with Gasteiger partial charge in [-0.1, -0.05) is 45.7 Å². The van der Waals surface area contributed by atoms with E-state index in [1.807, 2.05) is 19.9 Å². The van der Waals surface area contributed by atoms with E-state index in [9.17, 15) is 15.2 Å². The lowest BCUT2D eigenvalue weighted by Crippen LogP contribution is -2.20. The molecule has 0 radical (unpaired) electrons. The Morgan fingerprint density at radius 3 is 2.26 bits per heavy atom. The van der Waals surface area contributed by atoms with Crippen LogP contribution >= 0.6 is 11.6 Å². The zero-order valence-corrected chi connectivity index (χ0v) is 20.0. The van der Waals surface area contributed by atoms with Gasteiger partial charge in [0.15, 0.2) is 0 Å². The van der Waals surface area contributed by atoms with Crippen LogP contribution in [0.15, 0.2) is 64.4 Å². The zero-order valence-electron chi connectivity index (χ0n) is 19.2. The van der Waals surface area contributed by atoms with Crippen molar-refractivity contribution < 1.29 is 29.4 Å². The molecule has 0 amide bonds. The van der Waals surface area contributed by atoms with E-state index in [0.717, 1.165) is 5.57 Å². The summed E-state index contributed by atoms with van der Waals surface area (Å²) in [6.45, 7) is 3.87. The van der Waals surface area contributed by atoms with Gasteiger partial charge in [0.05, 0.1) is 35.9 Å². The van der Waals surface area contributed by atoms with Crippen molar-refractivity contribution in [3.05, 3.63) is 81.4 Å². The third kappa shape index (κ3) is 4.92. The fraction of sp³-hybridized carbons (Fsp3) is 0.240. The first-order chi connectivity index (χ1) is 16.4. The van der Waals surface area contributed by atoms with Gasteiger partial charge in [0.1, 0.15) is 29.0 Å². The van der Waals surface area contributed by atoms with Crippen LogP contribution < -0.4 is 9.47 Å². The van der Waals surface area contributed by atoms with Crippen molar-refractivity contribution in [2.45, 2.75) is 26.4 Å². The standard InChI is InChI=1S/C25H25ClN2O6/c1-14(2)9-12-20(34-25(29)15-7-5-6-8-17(15)26)16-13-21(32-3)22-18(27-30)10-11-19(28-31)23(22)24(16)33-4/h5-11,13,20,30-31H,12H2,1-4H3/b27-18+,28-19+. The number of benzene rings is 2. The number of esters is 1. The molecule has 1 atom stereocenters. The van der Waals surface area contributed by atoms with Gasteiger partial charge in [-0.15, -0.1) is 0 Å². The van der Waals surface area contributed by atoms with Crippen LogP contribution in [0, 0.1) is 0 Å². The molecule has 34 heavy (non-hydrogen) atoms. The molecule has 178 valence electrons. The second kappa shape index (κ2) is 10.9. The molecule has 8 nitrogen and oxygen atoms in total. The van der Waals surface area contributed by atoms with Crippen LogP contribution in [0.2, 0.25) is 5.02 Å². The van der Waals surface area contributed by atoms with Crippen molar-refractivity contribution in [3.8, 4) is 11.5 Å². The summed E-state index contributed by atoms with van der Waals surface area (Å²) in [6.07, 6.45) is 4.42. The highest BCUT2D eigenvalue weighted by molar-refractivity contribution is 6.33. The lowest BCUT2D eigenvalue weighted by molar-refractivity contribution is 0.0297. The van der Waals surface area contributed by atoms with Crippen molar-refractivity contribution >= 4 is 29.0 Å². The van der Waals surface area contributed by atoms with Crippen LogP contribution in [-0.2, 0) is 4.74 Å². The van der Waals surface area contributed by atoms with Gasteiger partial charge in [-0.3, -0.25) is 0 Å². The maximum Gasteiger partial charge on any atom is 0.340 e. The minimum atomic E-state index is -0.798. The van der Waals surface area contributed by atoms with Crippen LogP contribution in [0.25, 0.3) is 0 Å². The molecule has 1 aliphatic rings. The molecule has 0 fully saturated rings. The molecule has 0 aliphatic heterocycles. The van der Waals surface area contributed by atoms with Crippen LogP contribution in [-0.4, -0.2) is 42.0 Å². The molecule has 1 aliphatic carbocycles. The number of ether oxygens (including phenoxy) is 3. The number of carbonyl (C=O) groups is 1. The summed E-state index contributed by atoms with van der Waals surface area (Å²) in [5.74, 6) is -0.00152. The normalized spacial score (nSPS) is 15.6. The summed E-state index contributed by atoms with van der Waals surface area (Å²) >= 11 is 6.20. The molecule has 3 rings (SSSR count). The number of fused-ring (bicyclic) bond motifs is 1. The molecule has 1 unspecified atom stereocenters. The summed E-state index contributed by atoms with van der Waals surface area (Å²) in [7, 11) is 2.90. The van der Waals surface area contributed by atoms with E-state index < -0.39 is 12.1 Å². The van der Waals surface area contributed by atoms with Gasteiger partial charge in [-0.2, -0.15) is 0 Å². The predicted octanol–water partition coefficient (Wildman–Crippen LogP) is 5.54. The number of methoxy groups -OCH3 is 2. The minimum absolute atomic E-state index is 0.165. The highest BCUT2D eigenvalue weighted by atomic mass is 35.5. The number of rotatable bonds is 7. The SMILES string of the molecule is COc1cc(C(CC=C(C)C)OC(=O)c2ccccc2Cl)c(OC)c2c1/C(=N/O)C=C/C2=N\O. The lowest BCUT2D eigenvalue weighted by Gasteiger charge is -2.26. The van der Waals surface area contributed by atoms with E-state index in [-0.39, 0.29) is 27.8 Å². The smallest absolute Gasteiger partial charge is 0.340 e. The van der Waals surface area contributed by atoms with Gasteiger partial charge >= 0.3 is 5.97 Å². The van der Waals surface area contributed by atoms with Gasteiger partial charge in [0.25, 0.3) is 0 Å². The fourth-order valence-electron chi connectivity index (χ4n) is 3.67. The first-order valence-corrected chi connectivity index (χ1v) is 10.7. The predicted molar refractivity (Wildman–Crippen MR) is 129 cm³/mol. The highest BCUT2D eigenvalue weighted by Gasteiger charge is 2.32. The molecule has 2 N–H and O–H groups in total. The number of hydrogen-bond acceptors (Lipinski definition) is 8. The molecule has 0 bridgehead atoms. The molecule has 2 aromatic rings. The highest BCUT2D eigenvalue weighted by Crippen LogP contribution is 2.42. The molecule has 2 aromatic carbocycles. The van der Waals surface area contributed by atoms with E-state index in [0.29, 0.717) is 28.9 Å². The van der Waals surface area contributed by atoms with Gasteiger partial charge in [0, 0.05) is 12.0 Å². The molecule has 0 aromatic heterocycles. The van der Waals surface area contributed by atoms with Crippen molar-refractivity contribution in [3.63, 3.8) is 0 Å². The maximum absolute atomic E-state index is 13.0. The monoisotopic (exact) mass is 484 g/mol. The third-order valence-corrected chi connectivity index (χ3v) is 5.58. The molecule has 9 heteroatoms. The summed E-state index contributed by atoms with van der Waals surface area (Å²) < 4.78 is 17.2. The molecular weight excluding hydrogens is 460 g/mol. The van der Waals surface area contributed by atoms with Crippen molar-refractivity contribution in [2.75, 3.05) is 14.2 Å². The molecular formula is C25H25ClN2O6. The third-order valence-electron chi connectivity index (χ3n) is 5.25. The Bertz CT molecular complexity index is 1210. The van der Waals surface area contributed by atoms with Crippen LogP contribution in [0.4, 0.5) is 0 Å². The quantitative estimate of drug-likeness (QED) is 0.231. The number of allylic oxidation sites excluding steroid dienone is 3. The van der Waals surface area contributed by atoms with Crippen molar-refractivity contribution in [1.29, 1.82) is 0 Å². The van der Waals surface area contributed by atoms with Crippen LogP contribution in [0.5, 0.6) is 11.5 Å². The first kappa shape index (κ1) is 24.9. The Kier molecular flexibility index (Phi) is 7.96. The Morgan fingerprint density at radius 2 is 1.71 bits per heavy atom. The van der Waals surface area contributed by atoms with Crippen LogP contribution in [0.3, 0.4) is 0 Å². The Balaban J connectivity index is 2.22. The number of halogens is 1. The molecule has 0 saturated heterocycles. The van der Waals surface area contributed by atoms with Crippen LogP contribution in [0.1, 0.15) is 53.4 Å². The lowest BCUT2D eigenvalue weighted by atomic mass is 9.88. The second-order valence-electron chi connectivity index (χ2n) is 7.65. The topological polar surface area (TPSA) is 110 Å². The molecule has 0 heterocycles. The van der Waals surface area contributed by atoms with E-state index in [2.05, 4.69) is 10.3 Å². The average molecular weight is 485 g/mol. The van der Waals surface area contributed by atoms with E-state index in [4.69, 9.17) is 25.8 Å². The van der Waals surface area contributed by atoms with Gasteiger partial charge < -0.3 is 24.6 Å². The largest absolute Gasteiger partial charge is 0.496 e. The van der Waals surface area contributed by atoms with E-state index >= 15 is 0 Å². The molecule has 0 saturated carbocycles. The molecule has 0 spiro atoms. The minimum Gasteiger partial charge on any atom is -0.496 e. The van der Waals surface area contributed by atoms with Gasteiger partial charge in [0.2, 0.25) is 0 Å². The van der Waals surface area contributed by atoms with Gasteiger partial charge in [-0.05, 0) is 44.2 Å². The first-order valence-electron chi connectivity index (χ1n) is 10.4. The summed E-state index contributed by atoms with van der Waals surface area (Å²) in [6, 6.07) is 8.26. The summed E-state index contributed by atoms with van der Waals surface area (Å²) in [5, 5.41) is 26.1. The van der Waals surface area contributed by atoms with Crippen molar-refractivity contribution in [1.82, 2.24) is 0 Å². The van der Waals surface area contributed by atoms with E-state index in [1.165, 1.54) is 26.4 Å². The van der Waals surface area contributed by atoms with Crippen molar-refractivity contribution in [2.24, 2.45) is 10.3 Å². The number of hydrogen-bond donors (Lipinski definition) is 2. The number of nitrogens with zero attached hydrogens (tertiary/aromatic N) is 2. The van der Waals surface area contributed by atoms with Gasteiger partial charge in [-0.25, -0.2) is 4.79 Å². The summed E-state index contributed by atoms with van der Waals surface area (Å²) in [4.78, 5) is 13.0. The zero-order chi connectivity index (χ0) is 24.8. The fourth-order valence-corrected chi connectivity index (χ4v) is 3.88. The number of carbonyl (C=O) groups excluding carboxylic acids is 1. The number of oxime groups is 2. The average Bonchev–Trinajstić information content (AvgIpc) is 2.84. The van der Waals surface area contributed by atoms with E-state index in [1.54, 1.807) is 30.3 Å².